The fourth-order valence-corrected chi connectivity index (χ4v) is 2.32. The normalized spacial score (nSPS) is 12.5. The average molecular weight is 330 g/mol. The maximum absolute atomic E-state index is 11.0. The summed E-state index contributed by atoms with van der Waals surface area (Å²) in [7, 11) is 0. The van der Waals surface area contributed by atoms with Gasteiger partial charge in [0.2, 0.25) is 0 Å². The third-order valence-corrected chi connectivity index (χ3v) is 3.48. The number of rotatable bonds is 7. The molecule has 0 aliphatic carbocycles. The van der Waals surface area contributed by atoms with Gasteiger partial charge in [0.15, 0.2) is 0 Å². The van der Waals surface area contributed by atoms with Crippen LogP contribution in [0.2, 0.25) is 0 Å². The molecule has 0 fully saturated rings. The molecule has 0 saturated heterocycles. The average Bonchev–Trinajstić information content (AvgIpc) is 2.35. The molecule has 0 aliphatic heterocycles. The summed E-state index contributed by atoms with van der Waals surface area (Å²) in [5.74, 6) is 0. The lowest BCUT2D eigenvalue weighted by molar-refractivity contribution is -0.384. The quantitative estimate of drug-likeness (QED) is 0.614. The first-order chi connectivity index (χ1) is 8.97. The van der Waals surface area contributed by atoms with Gasteiger partial charge in [-0.15, -0.1) is 0 Å². The number of likely N-dealkylation sites (N-methyl/N-ethyl adjacent to an activating group) is 1. The highest BCUT2D eigenvalue weighted by molar-refractivity contribution is 9.10. The monoisotopic (exact) mass is 329 g/mol. The number of nitro benzene ring substituents is 1. The van der Waals surface area contributed by atoms with Crippen molar-refractivity contribution in [3.63, 3.8) is 0 Å². The van der Waals surface area contributed by atoms with E-state index in [9.17, 15) is 10.1 Å². The number of halogens is 1. The summed E-state index contributed by atoms with van der Waals surface area (Å²) < 4.78 is 0.829. The number of hydrogen-bond acceptors (Lipinski definition) is 4. The van der Waals surface area contributed by atoms with Crippen molar-refractivity contribution >= 4 is 27.3 Å². The molecule has 0 radical (unpaired) electrons. The number of nitrogens with one attached hydrogen (secondary N) is 1. The van der Waals surface area contributed by atoms with Gasteiger partial charge in [0.05, 0.1) is 4.92 Å². The van der Waals surface area contributed by atoms with Crippen LogP contribution in [0.1, 0.15) is 20.8 Å². The standard InChI is InChI=1S/C13H20BrN3O2/c1-4-16(5-2)9-10(3)15-12-8-11(14)6-7-13(12)17(18)19/h6-8,10,15H,4-5,9H2,1-3H3. The highest BCUT2D eigenvalue weighted by Gasteiger charge is 2.16. The number of anilines is 1. The SMILES string of the molecule is CCN(CC)CC(C)Nc1cc(Br)ccc1[N+](=O)[O-]. The Kier molecular flexibility index (Phi) is 6.24. The van der Waals surface area contributed by atoms with Gasteiger partial charge in [-0.05, 0) is 32.1 Å². The second-order valence-corrected chi connectivity index (χ2v) is 5.37. The molecule has 0 amide bonds. The summed E-state index contributed by atoms with van der Waals surface area (Å²) in [6.45, 7) is 9.06. The minimum atomic E-state index is -0.362. The van der Waals surface area contributed by atoms with E-state index in [1.165, 1.54) is 6.07 Å². The smallest absolute Gasteiger partial charge is 0.292 e. The van der Waals surface area contributed by atoms with Crippen LogP contribution < -0.4 is 5.32 Å². The second kappa shape index (κ2) is 7.45. The van der Waals surface area contributed by atoms with E-state index >= 15 is 0 Å². The zero-order chi connectivity index (χ0) is 14.4. The van der Waals surface area contributed by atoms with Crippen LogP contribution in [0, 0.1) is 10.1 Å². The van der Waals surface area contributed by atoms with Gasteiger partial charge in [0.1, 0.15) is 5.69 Å². The zero-order valence-electron chi connectivity index (χ0n) is 11.5. The highest BCUT2D eigenvalue weighted by atomic mass is 79.9. The Balaban J connectivity index is 2.80. The maximum Gasteiger partial charge on any atom is 0.292 e. The minimum absolute atomic E-state index is 0.106. The van der Waals surface area contributed by atoms with Crippen LogP contribution in [0.5, 0.6) is 0 Å². The van der Waals surface area contributed by atoms with Crippen LogP contribution in [0.3, 0.4) is 0 Å². The van der Waals surface area contributed by atoms with Gasteiger partial charge in [-0.3, -0.25) is 10.1 Å². The summed E-state index contributed by atoms with van der Waals surface area (Å²) in [6, 6.07) is 5.08. The Morgan fingerprint density at radius 1 is 1.42 bits per heavy atom. The predicted molar refractivity (Wildman–Crippen MR) is 81.7 cm³/mol. The maximum atomic E-state index is 11.0. The molecular weight excluding hydrogens is 310 g/mol. The van der Waals surface area contributed by atoms with E-state index < -0.39 is 0 Å². The van der Waals surface area contributed by atoms with E-state index in [-0.39, 0.29) is 16.7 Å². The first-order valence-electron chi connectivity index (χ1n) is 6.40. The lowest BCUT2D eigenvalue weighted by Gasteiger charge is -2.24. The molecule has 5 nitrogen and oxygen atoms in total. The van der Waals surface area contributed by atoms with Crippen molar-refractivity contribution in [2.24, 2.45) is 0 Å². The molecule has 1 aromatic rings. The zero-order valence-corrected chi connectivity index (χ0v) is 13.1. The summed E-state index contributed by atoms with van der Waals surface area (Å²) in [4.78, 5) is 12.9. The third kappa shape index (κ3) is 4.80. The van der Waals surface area contributed by atoms with Crippen LogP contribution in [0.15, 0.2) is 22.7 Å². The molecule has 106 valence electrons. The van der Waals surface area contributed by atoms with E-state index in [1.807, 2.05) is 6.92 Å². The van der Waals surface area contributed by atoms with E-state index in [4.69, 9.17) is 0 Å². The van der Waals surface area contributed by atoms with Crippen LogP contribution in [0.25, 0.3) is 0 Å². The van der Waals surface area contributed by atoms with E-state index in [0.717, 1.165) is 24.1 Å². The molecule has 0 bridgehead atoms. The number of hydrogen-bond donors (Lipinski definition) is 1. The van der Waals surface area contributed by atoms with Gasteiger partial charge in [-0.1, -0.05) is 29.8 Å². The largest absolute Gasteiger partial charge is 0.376 e. The Labute approximate surface area is 122 Å². The van der Waals surface area contributed by atoms with Crippen molar-refractivity contribution in [1.29, 1.82) is 0 Å². The Morgan fingerprint density at radius 3 is 2.58 bits per heavy atom. The first kappa shape index (κ1) is 15.9. The van der Waals surface area contributed by atoms with Crippen molar-refractivity contribution in [1.82, 2.24) is 4.90 Å². The van der Waals surface area contributed by atoms with Crippen molar-refractivity contribution in [2.45, 2.75) is 26.8 Å². The molecule has 1 atom stereocenters. The summed E-state index contributed by atoms with van der Waals surface area (Å²) >= 11 is 3.34. The van der Waals surface area contributed by atoms with Gasteiger partial charge >= 0.3 is 0 Å². The van der Waals surface area contributed by atoms with Crippen LogP contribution in [-0.2, 0) is 0 Å². The van der Waals surface area contributed by atoms with Gasteiger partial charge in [0, 0.05) is 23.1 Å². The van der Waals surface area contributed by atoms with Crippen molar-refractivity contribution < 1.29 is 4.92 Å². The third-order valence-electron chi connectivity index (χ3n) is 2.98. The Hall–Kier alpha value is -1.14. The topological polar surface area (TPSA) is 58.4 Å². The highest BCUT2D eigenvalue weighted by Crippen LogP contribution is 2.28. The number of nitro groups is 1. The molecule has 19 heavy (non-hydrogen) atoms. The molecule has 0 heterocycles. The van der Waals surface area contributed by atoms with Crippen LogP contribution in [-0.4, -0.2) is 35.5 Å². The second-order valence-electron chi connectivity index (χ2n) is 4.45. The molecule has 6 heteroatoms. The Bertz CT molecular complexity index is 436. The molecule has 1 unspecified atom stereocenters. The van der Waals surface area contributed by atoms with E-state index in [1.54, 1.807) is 12.1 Å². The molecule has 1 rings (SSSR count). The summed E-state index contributed by atoms with van der Waals surface area (Å²) in [6.07, 6.45) is 0. The first-order valence-corrected chi connectivity index (χ1v) is 7.20. The molecule has 0 aromatic heterocycles. The van der Waals surface area contributed by atoms with Gasteiger partial charge < -0.3 is 10.2 Å². The molecule has 0 saturated carbocycles. The van der Waals surface area contributed by atoms with Crippen LogP contribution in [0.4, 0.5) is 11.4 Å². The van der Waals surface area contributed by atoms with E-state index in [0.29, 0.717) is 5.69 Å². The number of nitrogens with zero attached hydrogens (tertiary/aromatic N) is 2. The van der Waals surface area contributed by atoms with Gasteiger partial charge in [-0.2, -0.15) is 0 Å². The molecule has 0 spiro atoms. The molecule has 1 aromatic carbocycles. The lowest BCUT2D eigenvalue weighted by atomic mass is 10.2. The van der Waals surface area contributed by atoms with Crippen molar-refractivity contribution in [2.75, 3.05) is 25.0 Å². The number of benzene rings is 1. The fourth-order valence-electron chi connectivity index (χ4n) is 1.96. The molecule has 0 aliphatic rings. The van der Waals surface area contributed by atoms with Crippen molar-refractivity contribution in [3.8, 4) is 0 Å². The summed E-state index contributed by atoms with van der Waals surface area (Å²) in [5, 5.41) is 14.2. The molecular formula is C13H20BrN3O2. The fraction of sp³-hybridized carbons (Fsp3) is 0.538. The molecule has 1 N–H and O–H groups in total. The minimum Gasteiger partial charge on any atom is -0.376 e. The Morgan fingerprint density at radius 2 is 2.05 bits per heavy atom. The summed E-state index contributed by atoms with van der Waals surface area (Å²) in [5.41, 5.74) is 0.661. The lowest BCUT2D eigenvalue weighted by Crippen LogP contribution is -2.34. The van der Waals surface area contributed by atoms with Gasteiger partial charge in [-0.25, -0.2) is 0 Å². The predicted octanol–water partition coefficient (Wildman–Crippen LogP) is 3.50. The van der Waals surface area contributed by atoms with Gasteiger partial charge in [0.25, 0.3) is 5.69 Å². The van der Waals surface area contributed by atoms with E-state index in [2.05, 4.69) is 40.0 Å². The van der Waals surface area contributed by atoms with Crippen LogP contribution >= 0.6 is 15.9 Å². The van der Waals surface area contributed by atoms with Crippen molar-refractivity contribution in [3.05, 3.63) is 32.8 Å².